The Morgan fingerprint density at radius 1 is 1.17 bits per heavy atom. The number of amides is 1. The Labute approximate surface area is 142 Å². The molecule has 0 aromatic heterocycles. The number of hydrogen-bond donors (Lipinski definition) is 1. The summed E-state index contributed by atoms with van der Waals surface area (Å²) in [5, 5.41) is 2.56. The lowest BCUT2D eigenvalue weighted by Crippen LogP contribution is -2.44. The highest BCUT2D eigenvalue weighted by atomic mass is 32.2. The number of benzene rings is 1. The van der Waals surface area contributed by atoms with Crippen LogP contribution in [0.15, 0.2) is 24.3 Å². The molecule has 0 saturated heterocycles. The molecule has 8 heteroatoms. The number of ether oxygens (including phenoxy) is 1. The zero-order valence-electron chi connectivity index (χ0n) is 14.5. The van der Waals surface area contributed by atoms with Gasteiger partial charge in [0.25, 0.3) is 0 Å². The summed E-state index contributed by atoms with van der Waals surface area (Å²) in [6.07, 6.45) is 1.17. The van der Waals surface area contributed by atoms with Crippen molar-refractivity contribution in [3.05, 3.63) is 29.8 Å². The lowest BCUT2D eigenvalue weighted by atomic mass is 10.1. The second-order valence-corrected chi connectivity index (χ2v) is 8.00. The predicted octanol–water partition coefficient (Wildman–Crippen LogP) is 1.41. The van der Waals surface area contributed by atoms with Gasteiger partial charge in [0.1, 0.15) is 17.4 Å². The zero-order valence-corrected chi connectivity index (χ0v) is 15.3. The molecule has 0 aliphatic carbocycles. The number of hydrogen-bond acceptors (Lipinski definition) is 6. The van der Waals surface area contributed by atoms with Crippen LogP contribution in [0.4, 0.5) is 0 Å². The average molecular weight is 357 g/mol. The number of esters is 1. The van der Waals surface area contributed by atoms with E-state index in [0.29, 0.717) is 0 Å². The van der Waals surface area contributed by atoms with Crippen molar-refractivity contribution in [2.45, 2.75) is 45.8 Å². The highest BCUT2D eigenvalue weighted by molar-refractivity contribution is 7.86. The van der Waals surface area contributed by atoms with Gasteiger partial charge in [-0.15, -0.1) is 0 Å². The Bertz CT molecular complexity index is 688. The Kier molecular flexibility index (Phi) is 6.36. The molecule has 1 N–H and O–H groups in total. The van der Waals surface area contributed by atoms with Crippen molar-refractivity contribution < 1.29 is 26.9 Å². The van der Waals surface area contributed by atoms with Crippen LogP contribution in [-0.2, 0) is 30.9 Å². The number of carbonyl (C=O) groups excluding carboxylic acids is 2. The van der Waals surface area contributed by atoms with Crippen LogP contribution in [-0.4, -0.2) is 38.2 Å². The first-order chi connectivity index (χ1) is 10.9. The molecule has 24 heavy (non-hydrogen) atoms. The van der Waals surface area contributed by atoms with Crippen LogP contribution in [0.1, 0.15) is 33.3 Å². The minimum Gasteiger partial charge on any atom is -0.458 e. The second kappa shape index (κ2) is 7.65. The van der Waals surface area contributed by atoms with E-state index < -0.39 is 27.7 Å². The summed E-state index contributed by atoms with van der Waals surface area (Å²) >= 11 is 0. The molecule has 0 aliphatic rings. The summed E-state index contributed by atoms with van der Waals surface area (Å²) in [5.74, 6) is -0.702. The highest BCUT2D eigenvalue weighted by Gasteiger charge is 2.26. The molecule has 0 spiro atoms. The second-order valence-electron chi connectivity index (χ2n) is 6.42. The van der Waals surface area contributed by atoms with E-state index >= 15 is 0 Å². The standard InChI is InChI=1S/C16H23NO6S/c1-11(18)17-14(15(19)22-16(2,3)4)10-12-6-8-13(9-7-12)23-24(5,20)21/h6-9,14H,10H2,1-5H3,(H,17,18)/t14-/m0/s1. The van der Waals surface area contributed by atoms with Crippen LogP contribution in [0.5, 0.6) is 5.75 Å². The molecule has 0 unspecified atom stereocenters. The van der Waals surface area contributed by atoms with Crippen LogP contribution >= 0.6 is 0 Å². The summed E-state index contributed by atoms with van der Waals surface area (Å²) in [5.41, 5.74) is 0.0570. The van der Waals surface area contributed by atoms with Gasteiger partial charge in [0.15, 0.2) is 0 Å². The highest BCUT2D eigenvalue weighted by Crippen LogP contribution is 2.16. The van der Waals surface area contributed by atoms with Gasteiger partial charge in [-0.3, -0.25) is 4.79 Å². The third kappa shape index (κ3) is 7.96. The first-order valence-corrected chi connectivity index (χ1v) is 9.16. The molecule has 0 saturated carbocycles. The van der Waals surface area contributed by atoms with Crippen LogP contribution in [0.3, 0.4) is 0 Å². The van der Waals surface area contributed by atoms with Crippen molar-refractivity contribution in [1.82, 2.24) is 5.32 Å². The van der Waals surface area contributed by atoms with Crippen LogP contribution in [0.25, 0.3) is 0 Å². The quantitative estimate of drug-likeness (QED) is 0.610. The maximum absolute atomic E-state index is 12.2. The molecule has 1 aromatic carbocycles. The molecule has 0 heterocycles. The van der Waals surface area contributed by atoms with E-state index in [0.717, 1.165) is 11.8 Å². The fourth-order valence-electron chi connectivity index (χ4n) is 1.90. The SMILES string of the molecule is CC(=O)N[C@@H](Cc1ccc(OS(C)(=O)=O)cc1)C(=O)OC(C)(C)C. The van der Waals surface area contributed by atoms with Gasteiger partial charge in [0, 0.05) is 13.3 Å². The molecule has 0 radical (unpaired) electrons. The summed E-state index contributed by atoms with van der Waals surface area (Å²) < 4.78 is 32.2. The van der Waals surface area contributed by atoms with Gasteiger partial charge in [-0.05, 0) is 38.5 Å². The van der Waals surface area contributed by atoms with Gasteiger partial charge in [-0.25, -0.2) is 4.79 Å². The minimum atomic E-state index is -3.59. The Morgan fingerprint density at radius 2 is 1.71 bits per heavy atom. The molecular weight excluding hydrogens is 334 g/mol. The zero-order chi connectivity index (χ0) is 18.5. The summed E-state index contributed by atoms with van der Waals surface area (Å²) in [6, 6.07) is 5.38. The van der Waals surface area contributed by atoms with Crippen molar-refractivity contribution in [3.8, 4) is 5.75 Å². The van der Waals surface area contributed by atoms with E-state index in [1.165, 1.54) is 19.1 Å². The maximum atomic E-state index is 12.2. The Hall–Kier alpha value is -2.09. The Balaban J connectivity index is 2.86. The lowest BCUT2D eigenvalue weighted by Gasteiger charge is -2.24. The average Bonchev–Trinajstić information content (AvgIpc) is 2.36. The lowest BCUT2D eigenvalue weighted by molar-refractivity contribution is -0.158. The van der Waals surface area contributed by atoms with E-state index in [2.05, 4.69) is 5.32 Å². The van der Waals surface area contributed by atoms with Crippen LogP contribution in [0.2, 0.25) is 0 Å². The van der Waals surface area contributed by atoms with Crippen molar-refractivity contribution in [3.63, 3.8) is 0 Å². The van der Waals surface area contributed by atoms with Gasteiger partial charge in [-0.2, -0.15) is 8.42 Å². The number of nitrogens with one attached hydrogen (secondary N) is 1. The topological polar surface area (TPSA) is 98.8 Å². The normalized spacial score (nSPS) is 13.0. The van der Waals surface area contributed by atoms with Gasteiger partial charge < -0.3 is 14.2 Å². The van der Waals surface area contributed by atoms with E-state index in [1.54, 1.807) is 32.9 Å². The maximum Gasteiger partial charge on any atom is 0.329 e. The third-order valence-electron chi connectivity index (χ3n) is 2.68. The molecule has 1 amide bonds. The molecule has 1 rings (SSSR count). The van der Waals surface area contributed by atoms with Gasteiger partial charge in [-0.1, -0.05) is 12.1 Å². The molecule has 134 valence electrons. The molecule has 1 atom stereocenters. The third-order valence-corrected chi connectivity index (χ3v) is 3.17. The fraction of sp³-hybridized carbons (Fsp3) is 0.500. The van der Waals surface area contributed by atoms with E-state index in [9.17, 15) is 18.0 Å². The largest absolute Gasteiger partial charge is 0.458 e. The summed E-state index contributed by atoms with van der Waals surface area (Å²) in [6.45, 7) is 6.55. The minimum absolute atomic E-state index is 0.176. The molecular formula is C16H23NO6S. The smallest absolute Gasteiger partial charge is 0.329 e. The van der Waals surface area contributed by atoms with Crippen LogP contribution in [0, 0.1) is 0 Å². The fourth-order valence-corrected chi connectivity index (χ4v) is 2.36. The predicted molar refractivity (Wildman–Crippen MR) is 89.1 cm³/mol. The van der Waals surface area contributed by atoms with Crippen molar-refractivity contribution in [2.75, 3.05) is 6.26 Å². The van der Waals surface area contributed by atoms with Gasteiger partial charge in [0.2, 0.25) is 5.91 Å². The summed E-state index contributed by atoms with van der Waals surface area (Å²) in [4.78, 5) is 23.5. The van der Waals surface area contributed by atoms with Crippen molar-refractivity contribution in [1.29, 1.82) is 0 Å². The summed E-state index contributed by atoms with van der Waals surface area (Å²) in [7, 11) is -3.59. The monoisotopic (exact) mass is 357 g/mol. The Morgan fingerprint density at radius 3 is 2.12 bits per heavy atom. The van der Waals surface area contributed by atoms with Crippen molar-refractivity contribution in [2.24, 2.45) is 0 Å². The first kappa shape index (κ1) is 20.0. The van der Waals surface area contributed by atoms with E-state index in [1.807, 2.05) is 0 Å². The van der Waals surface area contributed by atoms with Gasteiger partial charge in [0.05, 0.1) is 6.26 Å². The van der Waals surface area contributed by atoms with Crippen molar-refractivity contribution >= 4 is 22.0 Å². The van der Waals surface area contributed by atoms with E-state index in [-0.39, 0.29) is 18.1 Å². The molecule has 1 aromatic rings. The molecule has 0 bridgehead atoms. The molecule has 7 nitrogen and oxygen atoms in total. The first-order valence-electron chi connectivity index (χ1n) is 7.34. The number of carbonyl (C=O) groups is 2. The van der Waals surface area contributed by atoms with Gasteiger partial charge >= 0.3 is 16.1 Å². The van der Waals surface area contributed by atoms with E-state index in [4.69, 9.17) is 8.92 Å². The molecule has 0 fully saturated rings. The molecule has 0 aliphatic heterocycles. The van der Waals surface area contributed by atoms with Crippen LogP contribution < -0.4 is 9.50 Å². The number of rotatable bonds is 6.